The fraction of sp³-hybridized carbons (Fsp3) is 0.444. The summed E-state index contributed by atoms with van der Waals surface area (Å²) in [6.07, 6.45) is 2.73. The number of hydrogen-bond acceptors (Lipinski definition) is 5. The summed E-state index contributed by atoms with van der Waals surface area (Å²) in [5.74, 6) is 0.654. The van der Waals surface area contributed by atoms with Crippen LogP contribution in [-0.4, -0.2) is 44.9 Å². The first-order valence-electron chi connectivity index (χ1n) is 8.23. The van der Waals surface area contributed by atoms with Crippen molar-refractivity contribution in [2.24, 2.45) is 0 Å². The van der Waals surface area contributed by atoms with Crippen molar-refractivity contribution >= 4 is 57.5 Å². The van der Waals surface area contributed by atoms with Crippen molar-refractivity contribution in [2.45, 2.75) is 19.3 Å². The van der Waals surface area contributed by atoms with Crippen LogP contribution < -0.4 is 4.90 Å². The SMILES string of the molecule is COCCC(=O)OC.Clc1ccc2c(Cl)cc(N3CCCC3)nc2c1Cl. The van der Waals surface area contributed by atoms with Gasteiger partial charge in [-0.05, 0) is 31.0 Å². The van der Waals surface area contributed by atoms with Gasteiger partial charge >= 0.3 is 5.97 Å². The molecule has 0 amide bonds. The molecule has 0 saturated carbocycles. The topological polar surface area (TPSA) is 51.7 Å². The lowest BCUT2D eigenvalue weighted by Crippen LogP contribution is -2.18. The zero-order valence-electron chi connectivity index (χ0n) is 14.7. The molecule has 8 heteroatoms. The lowest BCUT2D eigenvalue weighted by atomic mass is 10.2. The first-order chi connectivity index (χ1) is 12.5. The third kappa shape index (κ3) is 5.36. The maximum Gasteiger partial charge on any atom is 0.307 e. The van der Waals surface area contributed by atoms with Crippen LogP contribution in [0.4, 0.5) is 5.82 Å². The van der Waals surface area contributed by atoms with E-state index in [0.717, 1.165) is 24.3 Å². The number of halogens is 3. The van der Waals surface area contributed by atoms with Crippen LogP contribution in [0.2, 0.25) is 15.1 Å². The van der Waals surface area contributed by atoms with Crippen molar-refractivity contribution in [3.8, 4) is 0 Å². The summed E-state index contributed by atoms with van der Waals surface area (Å²) in [6, 6.07) is 5.50. The number of aromatic nitrogens is 1. The quantitative estimate of drug-likeness (QED) is 0.653. The number of esters is 1. The number of ether oxygens (including phenoxy) is 2. The van der Waals surface area contributed by atoms with Gasteiger partial charge in [-0.1, -0.05) is 34.8 Å². The Morgan fingerprint density at radius 3 is 2.46 bits per heavy atom. The molecule has 1 fully saturated rings. The lowest BCUT2D eigenvalue weighted by Gasteiger charge is -2.17. The van der Waals surface area contributed by atoms with Crippen molar-refractivity contribution in [2.75, 3.05) is 38.8 Å². The van der Waals surface area contributed by atoms with Gasteiger partial charge in [0.15, 0.2) is 0 Å². The molecular formula is C18H21Cl3N2O3. The summed E-state index contributed by atoms with van der Waals surface area (Å²) < 4.78 is 8.95. The Morgan fingerprint density at radius 2 is 1.85 bits per heavy atom. The van der Waals surface area contributed by atoms with Crippen LogP contribution in [-0.2, 0) is 14.3 Å². The average molecular weight is 420 g/mol. The predicted octanol–water partition coefficient (Wildman–Crippen LogP) is 4.99. The number of fused-ring (bicyclic) bond motifs is 1. The molecule has 2 heterocycles. The van der Waals surface area contributed by atoms with Crippen LogP contribution in [0, 0.1) is 0 Å². The van der Waals surface area contributed by atoms with Gasteiger partial charge in [0, 0.05) is 25.6 Å². The molecule has 0 bridgehead atoms. The molecule has 0 radical (unpaired) electrons. The maximum atomic E-state index is 10.3. The van der Waals surface area contributed by atoms with E-state index in [0.29, 0.717) is 33.6 Å². The number of anilines is 1. The van der Waals surface area contributed by atoms with Crippen LogP contribution in [0.25, 0.3) is 10.9 Å². The van der Waals surface area contributed by atoms with Gasteiger partial charge in [-0.15, -0.1) is 0 Å². The molecule has 5 nitrogen and oxygen atoms in total. The monoisotopic (exact) mass is 418 g/mol. The average Bonchev–Trinajstić information content (AvgIpc) is 3.18. The van der Waals surface area contributed by atoms with Crippen LogP contribution in [0.1, 0.15) is 19.3 Å². The molecule has 0 unspecified atom stereocenters. The van der Waals surface area contributed by atoms with E-state index >= 15 is 0 Å². The van der Waals surface area contributed by atoms with Gasteiger partial charge in [0.25, 0.3) is 0 Å². The first-order valence-corrected chi connectivity index (χ1v) is 9.36. The van der Waals surface area contributed by atoms with Crippen molar-refractivity contribution in [3.05, 3.63) is 33.3 Å². The standard InChI is InChI=1S/C13H11Cl3N2.C5H10O3/c14-9-4-3-8-10(15)7-11(17-13(8)12(9)16)18-5-1-2-6-18;1-7-4-3-5(6)8-2/h3-4,7H,1-2,5-6H2;3-4H2,1-2H3. The highest BCUT2D eigenvalue weighted by Crippen LogP contribution is 2.35. The third-order valence-electron chi connectivity index (χ3n) is 3.98. The molecule has 3 rings (SSSR count). The highest BCUT2D eigenvalue weighted by Gasteiger charge is 2.17. The van der Waals surface area contributed by atoms with Gasteiger partial charge in [0.1, 0.15) is 5.82 Å². The molecule has 142 valence electrons. The van der Waals surface area contributed by atoms with Crippen molar-refractivity contribution in [3.63, 3.8) is 0 Å². The van der Waals surface area contributed by atoms with E-state index in [1.54, 1.807) is 13.2 Å². The minimum atomic E-state index is -0.230. The van der Waals surface area contributed by atoms with Crippen molar-refractivity contribution < 1.29 is 14.3 Å². The second-order valence-corrected chi connectivity index (χ2v) is 6.93. The van der Waals surface area contributed by atoms with Gasteiger partial charge < -0.3 is 14.4 Å². The Balaban J connectivity index is 0.000000260. The lowest BCUT2D eigenvalue weighted by molar-refractivity contribution is -0.141. The summed E-state index contributed by atoms with van der Waals surface area (Å²) >= 11 is 18.5. The molecule has 1 aliphatic heterocycles. The zero-order valence-corrected chi connectivity index (χ0v) is 17.0. The number of nitrogens with zero attached hydrogens (tertiary/aromatic N) is 2. The zero-order chi connectivity index (χ0) is 19.1. The Kier molecular flexibility index (Phi) is 8.22. The summed E-state index contributed by atoms with van der Waals surface area (Å²) in [4.78, 5) is 17.1. The number of pyridine rings is 1. The van der Waals surface area contributed by atoms with Crippen LogP contribution in [0.3, 0.4) is 0 Å². The van der Waals surface area contributed by atoms with Gasteiger partial charge in [-0.25, -0.2) is 4.98 Å². The summed E-state index contributed by atoms with van der Waals surface area (Å²) in [6.45, 7) is 2.48. The van der Waals surface area contributed by atoms with E-state index in [2.05, 4.69) is 19.4 Å². The molecular weight excluding hydrogens is 399 g/mol. The van der Waals surface area contributed by atoms with E-state index in [4.69, 9.17) is 34.8 Å². The van der Waals surface area contributed by atoms with E-state index < -0.39 is 0 Å². The maximum absolute atomic E-state index is 10.3. The number of carbonyl (C=O) groups excluding carboxylic acids is 1. The first kappa shape index (κ1) is 21.0. The van der Waals surface area contributed by atoms with Gasteiger partial charge in [0.05, 0.1) is 40.7 Å². The summed E-state index contributed by atoms with van der Waals surface area (Å²) in [5, 5.41) is 2.48. The van der Waals surface area contributed by atoms with Gasteiger partial charge in [0.2, 0.25) is 0 Å². The van der Waals surface area contributed by atoms with E-state index in [-0.39, 0.29) is 5.97 Å². The molecule has 0 N–H and O–H groups in total. The number of methoxy groups -OCH3 is 2. The summed E-state index contributed by atoms with van der Waals surface area (Å²) in [7, 11) is 2.90. The molecule has 1 aromatic carbocycles. The molecule has 0 spiro atoms. The van der Waals surface area contributed by atoms with Crippen LogP contribution in [0.15, 0.2) is 18.2 Å². The second kappa shape index (κ2) is 10.2. The molecule has 26 heavy (non-hydrogen) atoms. The fourth-order valence-electron chi connectivity index (χ4n) is 2.58. The minimum absolute atomic E-state index is 0.230. The molecule has 1 aromatic heterocycles. The highest BCUT2D eigenvalue weighted by molar-refractivity contribution is 6.46. The van der Waals surface area contributed by atoms with E-state index in [9.17, 15) is 4.79 Å². The molecule has 0 atom stereocenters. The molecule has 1 saturated heterocycles. The van der Waals surface area contributed by atoms with Gasteiger partial charge in [-0.3, -0.25) is 4.79 Å². The van der Waals surface area contributed by atoms with Crippen LogP contribution >= 0.6 is 34.8 Å². The van der Waals surface area contributed by atoms with Crippen LogP contribution in [0.5, 0.6) is 0 Å². The Morgan fingerprint density at radius 1 is 1.15 bits per heavy atom. The molecule has 0 aliphatic carbocycles. The smallest absolute Gasteiger partial charge is 0.307 e. The van der Waals surface area contributed by atoms with Crippen molar-refractivity contribution in [1.29, 1.82) is 0 Å². The molecule has 2 aromatic rings. The minimum Gasteiger partial charge on any atom is -0.469 e. The van der Waals surface area contributed by atoms with E-state index in [1.807, 2.05) is 12.1 Å². The Bertz CT molecular complexity index is 765. The number of hydrogen-bond donors (Lipinski definition) is 0. The predicted molar refractivity (Wildman–Crippen MR) is 107 cm³/mol. The summed E-state index contributed by atoms with van der Waals surface area (Å²) in [5.41, 5.74) is 0.679. The largest absolute Gasteiger partial charge is 0.469 e. The Labute approximate surface area is 168 Å². The highest BCUT2D eigenvalue weighted by atomic mass is 35.5. The second-order valence-electron chi connectivity index (χ2n) is 5.73. The number of benzene rings is 1. The van der Waals surface area contributed by atoms with E-state index in [1.165, 1.54) is 20.0 Å². The molecule has 1 aliphatic rings. The van der Waals surface area contributed by atoms with Crippen molar-refractivity contribution in [1.82, 2.24) is 4.98 Å². The normalized spacial score (nSPS) is 13.5. The third-order valence-corrected chi connectivity index (χ3v) is 5.08. The Hall–Kier alpha value is -1.27. The van der Waals surface area contributed by atoms with Gasteiger partial charge in [-0.2, -0.15) is 0 Å². The number of carbonyl (C=O) groups is 1. The number of rotatable bonds is 4. The fourth-order valence-corrected chi connectivity index (χ4v) is 3.19.